The predicted molar refractivity (Wildman–Crippen MR) is 185 cm³/mol. The Bertz CT molecular complexity index is 3050. The molecule has 0 aromatic heterocycles. The molecule has 0 N–H and O–H groups in total. The first kappa shape index (κ1) is 14.0. The lowest BCUT2D eigenvalue weighted by molar-refractivity contribution is 1.30. The summed E-state index contributed by atoms with van der Waals surface area (Å²) in [5.74, 6) is 0. The van der Waals surface area contributed by atoms with Gasteiger partial charge >= 0.3 is 0 Å². The third kappa shape index (κ3) is 4.71. The van der Waals surface area contributed by atoms with Gasteiger partial charge in [-0.05, 0) is 91.5 Å². The Hall–Kier alpha value is -5.66. The Labute approximate surface area is 273 Å². The first-order valence-electron chi connectivity index (χ1n) is 21.1. The van der Waals surface area contributed by atoms with Crippen LogP contribution < -0.4 is 4.90 Å². The molecule has 0 unspecified atom stereocenters. The maximum absolute atomic E-state index is 9.67. The van der Waals surface area contributed by atoms with E-state index in [1.165, 1.54) is 0 Å². The van der Waals surface area contributed by atoms with Crippen molar-refractivity contribution >= 4 is 49.4 Å². The quantitative estimate of drug-likeness (QED) is 0.202. The van der Waals surface area contributed by atoms with Gasteiger partial charge in [0, 0.05) is 16.8 Å². The highest BCUT2D eigenvalue weighted by molar-refractivity contribution is 5.99. The van der Waals surface area contributed by atoms with Crippen LogP contribution in [0.5, 0.6) is 0 Å². The molecule has 8 aromatic carbocycles. The topological polar surface area (TPSA) is 3.24 Å². The standard InChI is InChI=1S/C42H29N/c1-3-12-34-27-37(21-19-30(34)9-1)32-23-25-39(26-24-32)43(42-18-8-14-33-11-5-6-17-41(33)42)40-16-7-15-36(29-40)38-22-20-31-10-2-4-13-35(31)28-38/h1-29H/i5D,6D,7D,8D,11D,14D,15D,16D,17D,18D,23D,24D,25D,26D,29D. The highest BCUT2D eigenvalue weighted by atomic mass is 15.1. The summed E-state index contributed by atoms with van der Waals surface area (Å²) in [7, 11) is 0. The van der Waals surface area contributed by atoms with Crippen molar-refractivity contribution in [2.24, 2.45) is 0 Å². The molecule has 202 valence electrons. The fourth-order valence-corrected chi connectivity index (χ4v) is 5.14. The molecule has 0 spiro atoms. The molecular formula is C42H29N. The first-order valence-corrected chi connectivity index (χ1v) is 13.6. The number of benzene rings is 8. The minimum absolute atomic E-state index is 0.0956. The summed E-state index contributed by atoms with van der Waals surface area (Å²) < 4.78 is 136. The SMILES string of the molecule is [2H]c1c([2H])c(-c2ccc3ccccc3c2)c([2H])c(N(c2c([2H])c([2H])c(-c3ccc4ccccc4c3)c([2H])c2[2H])c2c([2H])c([2H])c([2H])c3c([2H])c([2H])c([2H])c([2H])c23)c1[2H]. The minimum Gasteiger partial charge on any atom is -0.310 e. The van der Waals surface area contributed by atoms with E-state index in [2.05, 4.69) is 0 Å². The summed E-state index contributed by atoms with van der Waals surface area (Å²) in [6.45, 7) is 0. The Kier molecular flexibility index (Phi) is 3.46. The fourth-order valence-electron chi connectivity index (χ4n) is 5.14. The van der Waals surface area contributed by atoms with E-state index in [0.29, 0.717) is 5.56 Å². The zero-order valence-corrected chi connectivity index (χ0v) is 22.5. The van der Waals surface area contributed by atoms with Crippen LogP contribution in [0.3, 0.4) is 0 Å². The zero-order valence-electron chi connectivity index (χ0n) is 37.5. The van der Waals surface area contributed by atoms with Crippen molar-refractivity contribution in [2.75, 3.05) is 4.90 Å². The van der Waals surface area contributed by atoms with Crippen LogP contribution in [0.4, 0.5) is 17.1 Å². The van der Waals surface area contributed by atoms with Crippen LogP contribution in [0.2, 0.25) is 0 Å². The molecule has 0 amide bonds. The highest BCUT2D eigenvalue weighted by Gasteiger charge is 2.16. The van der Waals surface area contributed by atoms with Gasteiger partial charge in [0.15, 0.2) is 0 Å². The highest BCUT2D eigenvalue weighted by Crippen LogP contribution is 2.41. The Morgan fingerprint density at radius 3 is 1.72 bits per heavy atom. The largest absolute Gasteiger partial charge is 0.310 e. The summed E-state index contributed by atoms with van der Waals surface area (Å²) >= 11 is 0. The van der Waals surface area contributed by atoms with Crippen LogP contribution in [0.1, 0.15) is 20.6 Å². The van der Waals surface area contributed by atoms with Gasteiger partial charge in [0.2, 0.25) is 0 Å². The molecule has 0 atom stereocenters. The predicted octanol–water partition coefficient (Wildman–Crippen LogP) is 11.9. The van der Waals surface area contributed by atoms with E-state index in [4.69, 9.17) is 11.0 Å². The average Bonchev–Trinajstić information content (AvgIpc) is 3.22. The molecule has 8 rings (SSSR count). The number of rotatable bonds is 5. The lowest BCUT2D eigenvalue weighted by atomic mass is 9.99. The van der Waals surface area contributed by atoms with Crippen molar-refractivity contribution in [3.05, 3.63) is 176 Å². The fraction of sp³-hybridized carbons (Fsp3) is 0. The Morgan fingerprint density at radius 2 is 1.00 bits per heavy atom. The second kappa shape index (κ2) is 10.6. The van der Waals surface area contributed by atoms with Crippen LogP contribution in [0, 0.1) is 0 Å². The number of hydrogen-bond acceptors (Lipinski definition) is 1. The first-order chi connectivity index (χ1) is 27.6. The van der Waals surface area contributed by atoms with Crippen molar-refractivity contribution in [3.63, 3.8) is 0 Å². The molecule has 0 saturated heterocycles. The maximum atomic E-state index is 9.67. The van der Waals surface area contributed by atoms with Crippen LogP contribution in [-0.2, 0) is 0 Å². The van der Waals surface area contributed by atoms with E-state index >= 15 is 0 Å². The van der Waals surface area contributed by atoms with Crippen LogP contribution in [0.15, 0.2) is 176 Å². The zero-order chi connectivity index (χ0) is 41.6. The van der Waals surface area contributed by atoms with E-state index in [0.717, 1.165) is 26.4 Å². The molecular weight excluding hydrogens is 518 g/mol. The number of fused-ring (bicyclic) bond motifs is 3. The summed E-state index contributed by atoms with van der Waals surface area (Å²) in [4.78, 5) is 0.806. The molecule has 0 aliphatic heterocycles. The molecule has 0 aliphatic rings. The summed E-state index contributed by atoms with van der Waals surface area (Å²) in [6.07, 6.45) is 0. The molecule has 8 aromatic rings. The van der Waals surface area contributed by atoms with E-state index in [1.54, 1.807) is 42.5 Å². The van der Waals surface area contributed by atoms with Crippen molar-refractivity contribution in [1.29, 1.82) is 0 Å². The number of nitrogens with zero attached hydrogens (tertiary/aromatic N) is 1. The minimum atomic E-state index is -0.842. The van der Waals surface area contributed by atoms with Gasteiger partial charge in [0.25, 0.3) is 0 Å². The van der Waals surface area contributed by atoms with Gasteiger partial charge in [-0.1, -0.05) is 133 Å². The van der Waals surface area contributed by atoms with Crippen molar-refractivity contribution < 1.29 is 20.6 Å². The lowest BCUT2D eigenvalue weighted by Crippen LogP contribution is -2.10. The number of anilines is 3. The van der Waals surface area contributed by atoms with E-state index < -0.39 is 118 Å². The van der Waals surface area contributed by atoms with Gasteiger partial charge < -0.3 is 4.90 Å². The monoisotopic (exact) mass is 562 g/mol. The Morgan fingerprint density at radius 1 is 0.395 bits per heavy atom. The number of hydrogen-bond donors (Lipinski definition) is 0. The average molecular weight is 563 g/mol. The van der Waals surface area contributed by atoms with Gasteiger partial charge in [-0.15, -0.1) is 0 Å². The second-order valence-corrected chi connectivity index (χ2v) is 9.88. The van der Waals surface area contributed by atoms with E-state index in [9.17, 15) is 9.60 Å². The third-order valence-corrected chi connectivity index (χ3v) is 7.26. The van der Waals surface area contributed by atoms with Gasteiger partial charge in [-0.2, -0.15) is 0 Å². The van der Waals surface area contributed by atoms with Gasteiger partial charge in [0.05, 0.1) is 26.2 Å². The van der Waals surface area contributed by atoms with Crippen LogP contribution >= 0.6 is 0 Å². The molecule has 1 heteroatoms. The molecule has 43 heavy (non-hydrogen) atoms. The summed E-state index contributed by atoms with van der Waals surface area (Å²) in [6, 6.07) is 14.3. The molecule has 0 saturated carbocycles. The smallest absolute Gasteiger partial charge is 0.0651 e. The molecule has 0 fully saturated rings. The second-order valence-electron chi connectivity index (χ2n) is 9.88. The van der Waals surface area contributed by atoms with Crippen LogP contribution in [-0.4, -0.2) is 0 Å². The van der Waals surface area contributed by atoms with Gasteiger partial charge in [-0.25, -0.2) is 0 Å². The molecule has 0 heterocycles. The molecule has 1 nitrogen and oxygen atoms in total. The van der Waals surface area contributed by atoms with E-state index in [-0.39, 0.29) is 16.7 Å². The van der Waals surface area contributed by atoms with Crippen LogP contribution in [0.25, 0.3) is 54.6 Å². The lowest BCUT2D eigenvalue weighted by Gasteiger charge is -2.27. The third-order valence-electron chi connectivity index (χ3n) is 7.26. The normalized spacial score (nSPS) is 16.1. The Balaban J connectivity index is 1.55. The van der Waals surface area contributed by atoms with Crippen molar-refractivity contribution in [1.82, 2.24) is 0 Å². The molecule has 0 bridgehead atoms. The summed E-state index contributed by atoms with van der Waals surface area (Å²) in [5, 5.41) is 2.18. The summed E-state index contributed by atoms with van der Waals surface area (Å²) in [5.41, 5.74) is -1.52. The van der Waals surface area contributed by atoms with Crippen molar-refractivity contribution in [2.45, 2.75) is 0 Å². The molecule has 0 aliphatic carbocycles. The van der Waals surface area contributed by atoms with E-state index in [1.807, 2.05) is 42.5 Å². The molecule has 0 radical (unpaired) electrons. The van der Waals surface area contributed by atoms with Gasteiger partial charge in [-0.3, -0.25) is 0 Å². The van der Waals surface area contributed by atoms with Crippen molar-refractivity contribution in [3.8, 4) is 22.3 Å². The maximum Gasteiger partial charge on any atom is 0.0651 e. The van der Waals surface area contributed by atoms with Gasteiger partial charge in [0.1, 0.15) is 0 Å².